The zero-order chi connectivity index (χ0) is 23.3. The highest BCUT2D eigenvalue weighted by atomic mass is 16.8. The zero-order valence-electron chi connectivity index (χ0n) is 17.3. The van der Waals surface area contributed by atoms with Crippen molar-refractivity contribution in [2.45, 2.75) is 6.10 Å². The molecular weight excluding hydrogens is 432 g/mol. The van der Waals surface area contributed by atoms with E-state index in [0.29, 0.717) is 0 Å². The third kappa shape index (κ3) is 8.62. The smallest absolute Gasteiger partial charge is 0.430 e. The standard InChI is InChI=1S/C24H20O9/c25-22(30-18-10-4-1-5-11-18)28-16-21(33-24(27)32-20-14-8-3-9-15-20)17-29-23(26)31-19-12-6-2-7-13-19/h1-15,21H,16-17H2. The predicted molar refractivity (Wildman–Crippen MR) is 114 cm³/mol. The first kappa shape index (κ1) is 23.1. The van der Waals surface area contributed by atoms with Crippen LogP contribution in [0.1, 0.15) is 0 Å². The Bertz CT molecular complexity index is 966. The Hall–Kier alpha value is -4.53. The number of carbonyl (C=O) groups is 3. The van der Waals surface area contributed by atoms with Gasteiger partial charge in [0.25, 0.3) is 0 Å². The number of rotatable bonds is 8. The van der Waals surface area contributed by atoms with Gasteiger partial charge in [-0.1, -0.05) is 54.6 Å². The van der Waals surface area contributed by atoms with Gasteiger partial charge in [0.15, 0.2) is 6.10 Å². The molecule has 3 rings (SSSR count). The molecule has 0 bridgehead atoms. The van der Waals surface area contributed by atoms with E-state index in [4.69, 9.17) is 28.4 Å². The first-order valence-corrected chi connectivity index (χ1v) is 9.81. The number of para-hydroxylation sites is 3. The molecule has 33 heavy (non-hydrogen) atoms. The van der Waals surface area contributed by atoms with Gasteiger partial charge < -0.3 is 28.4 Å². The third-order valence-corrected chi connectivity index (χ3v) is 3.87. The molecule has 170 valence electrons. The molecular formula is C24H20O9. The predicted octanol–water partition coefficient (Wildman–Crippen LogP) is 5.00. The van der Waals surface area contributed by atoms with Gasteiger partial charge >= 0.3 is 18.5 Å². The largest absolute Gasteiger partial charge is 0.514 e. The minimum atomic E-state index is -1.19. The van der Waals surface area contributed by atoms with Gasteiger partial charge in [-0.2, -0.15) is 0 Å². The molecule has 0 unspecified atom stereocenters. The molecule has 0 amide bonds. The molecule has 0 N–H and O–H groups in total. The molecule has 0 aliphatic heterocycles. The van der Waals surface area contributed by atoms with Gasteiger partial charge in [-0.25, -0.2) is 14.4 Å². The maximum atomic E-state index is 12.1. The van der Waals surface area contributed by atoms with Crippen LogP contribution in [0, 0.1) is 0 Å². The minimum absolute atomic E-state index is 0.245. The second-order valence-corrected chi connectivity index (χ2v) is 6.36. The summed E-state index contributed by atoms with van der Waals surface area (Å²) in [5.41, 5.74) is 0. The Morgan fingerprint density at radius 3 is 1.21 bits per heavy atom. The molecule has 0 radical (unpaired) electrons. The highest BCUT2D eigenvalue weighted by molar-refractivity contribution is 5.65. The van der Waals surface area contributed by atoms with E-state index in [-0.39, 0.29) is 17.2 Å². The molecule has 0 aromatic heterocycles. The van der Waals surface area contributed by atoms with Crippen LogP contribution >= 0.6 is 0 Å². The number of benzene rings is 3. The van der Waals surface area contributed by atoms with E-state index in [1.807, 2.05) is 0 Å². The molecule has 0 saturated carbocycles. The minimum Gasteiger partial charge on any atom is -0.430 e. The Balaban J connectivity index is 1.54. The highest BCUT2D eigenvalue weighted by Gasteiger charge is 2.22. The van der Waals surface area contributed by atoms with Crippen molar-refractivity contribution in [3.05, 3.63) is 91.0 Å². The Labute approximate surface area is 189 Å². The SMILES string of the molecule is O=C(OCC(COC(=O)Oc1ccccc1)OC(=O)Oc1ccccc1)Oc1ccccc1. The van der Waals surface area contributed by atoms with Gasteiger partial charge in [-0.3, -0.25) is 0 Å². The lowest BCUT2D eigenvalue weighted by Gasteiger charge is -2.17. The van der Waals surface area contributed by atoms with E-state index in [1.54, 1.807) is 91.0 Å². The monoisotopic (exact) mass is 452 g/mol. The van der Waals surface area contributed by atoms with Crippen molar-refractivity contribution in [3.8, 4) is 17.2 Å². The van der Waals surface area contributed by atoms with E-state index >= 15 is 0 Å². The van der Waals surface area contributed by atoms with Crippen molar-refractivity contribution in [2.75, 3.05) is 13.2 Å². The maximum absolute atomic E-state index is 12.1. The van der Waals surface area contributed by atoms with Crippen LogP contribution < -0.4 is 14.2 Å². The first-order chi connectivity index (χ1) is 16.1. The van der Waals surface area contributed by atoms with Crippen LogP contribution in [0.4, 0.5) is 14.4 Å². The van der Waals surface area contributed by atoms with Crippen LogP contribution in [-0.2, 0) is 14.2 Å². The second-order valence-electron chi connectivity index (χ2n) is 6.36. The molecule has 0 atom stereocenters. The zero-order valence-corrected chi connectivity index (χ0v) is 17.3. The van der Waals surface area contributed by atoms with E-state index in [0.717, 1.165) is 0 Å². The Morgan fingerprint density at radius 1 is 0.515 bits per heavy atom. The van der Waals surface area contributed by atoms with Crippen molar-refractivity contribution in [3.63, 3.8) is 0 Å². The summed E-state index contributed by atoms with van der Waals surface area (Å²) in [4.78, 5) is 36.0. The number of hydrogen-bond donors (Lipinski definition) is 0. The van der Waals surface area contributed by atoms with Crippen molar-refractivity contribution in [1.29, 1.82) is 0 Å². The van der Waals surface area contributed by atoms with Gasteiger partial charge in [0.1, 0.15) is 30.5 Å². The van der Waals surface area contributed by atoms with E-state index in [2.05, 4.69) is 0 Å². The Morgan fingerprint density at radius 2 is 0.848 bits per heavy atom. The average Bonchev–Trinajstić information content (AvgIpc) is 2.83. The van der Waals surface area contributed by atoms with Gasteiger partial charge in [0, 0.05) is 0 Å². The fourth-order valence-electron chi connectivity index (χ4n) is 2.41. The van der Waals surface area contributed by atoms with Crippen molar-refractivity contribution >= 4 is 18.5 Å². The lowest BCUT2D eigenvalue weighted by atomic mass is 10.3. The average molecular weight is 452 g/mol. The summed E-state index contributed by atoms with van der Waals surface area (Å²) in [6.07, 6.45) is -4.32. The van der Waals surface area contributed by atoms with E-state index in [1.165, 1.54) is 0 Å². The summed E-state index contributed by atoms with van der Waals surface area (Å²) < 4.78 is 30.2. The summed E-state index contributed by atoms with van der Waals surface area (Å²) >= 11 is 0. The molecule has 9 nitrogen and oxygen atoms in total. The van der Waals surface area contributed by atoms with E-state index < -0.39 is 37.8 Å². The van der Waals surface area contributed by atoms with Gasteiger partial charge in [-0.15, -0.1) is 0 Å². The maximum Gasteiger partial charge on any atom is 0.514 e. The molecule has 3 aromatic rings. The highest BCUT2D eigenvalue weighted by Crippen LogP contribution is 2.13. The summed E-state index contributed by atoms with van der Waals surface area (Å²) in [6.45, 7) is -0.928. The molecule has 0 fully saturated rings. The normalized spacial score (nSPS) is 10.1. The number of carbonyl (C=O) groups excluding carboxylic acids is 3. The van der Waals surface area contributed by atoms with E-state index in [9.17, 15) is 14.4 Å². The topological polar surface area (TPSA) is 107 Å². The third-order valence-electron chi connectivity index (χ3n) is 3.87. The number of ether oxygens (including phenoxy) is 6. The molecule has 3 aromatic carbocycles. The van der Waals surface area contributed by atoms with Crippen LogP contribution in [0.3, 0.4) is 0 Å². The van der Waals surface area contributed by atoms with Crippen LogP contribution in [0.5, 0.6) is 17.2 Å². The first-order valence-electron chi connectivity index (χ1n) is 9.81. The molecule has 0 aliphatic carbocycles. The van der Waals surface area contributed by atoms with Crippen LogP contribution in [-0.4, -0.2) is 37.8 Å². The second kappa shape index (κ2) is 12.4. The van der Waals surface area contributed by atoms with Crippen molar-refractivity contribution in [2.24, 2.45) is 0 Å². The lowest BCUT2D eigenvalue weighted by molar-refractivity contribution is -0.0220. The molecule has 0 spiro atoms. The van der Waals surface area contributed by atoms with Crippen molar-refractivity contribution in [1.82, 2.24) is 0 Å². The summed E-state index contributed by atoms with van der Waals surface area (Å²) in [6, 6.07) is 24.7. The quantitative estimate of drug-likeness (QED) is 0.265. The lowest BCUT2D eigenvalue weighted by Crippen LogP contribution is -2.32. The summed E-state index contributed by atoms with van der Waals surface area (Å²) in [5.74, 6) is 0.785. The molecule has 0 saturated heterocycles. The van der Waals surface area contributed by atoms with Crippen LogP contribution in [0.15, 0.2) is 91.0 Å². The number of hydrogen-bond acceptors (Lipinski definition) is 9. The molecule has 9 heteroatoms. The molecule has 0 heterocycles. The fourth-order valence-corrected chi connectivity index (χ4v) is 2.41. The van der Waals surface area contributed by atoms with Crippen LogP contribution in [0.25, 0.3) is 0 Å². The van der Waals surface area contributed by atoms with Gasteiger partial charge in [0.05, 0.1) is 0 Å². The van der Waals surface area contributed by atoms with Gasteiger partial charge in [0.2, 0.25) is 0 Å². The van der Waals surface area contributed by atoms with Crippen molar-refractivity contribution < 1.29 is 42.8 Å². The Kier molecular flexibility index (Phi) is 8.66. The van der Waals surface area contributed by atoms with Gasteiger partial charge in [-0.05, 0) is 36.4 Å². The van der Waals surface area contributed by atoms with Crippen LogP contribution in [0.2, 0.25) is 0 Å². The summed E-state index contributed by atoms with van der Waals surface area (Å²) in [7, 11) is 0. The molecule has 0 aliphatic rings. The summed E-state index contributed by atoms with van der Waals surface area (Å²) in [5, 5.41) is 0. The fraction of sp³-hybridized carbons (Fsp3) is 0.125.